The van der Waals surface area contributed by atoms with Gasteiger partial charge in [-0.15, -0.1) is 11.3 Å². The topological polar surface area (TPSA) is 66.2 Å². The molecule has 2 N–H and O–H groups in total. The summed E-state index contributed by atoms with van der Waals surface area (Å²) in [5.41, 5.74) is 1.46. The van der Waals surface area contributed by atoms with E-state index in [0.717, 1.165) is 5.00 Å². The van der Waals surface area contributed by atoms with E-state index < -0.39 is 0 Å². The Morgan fingerprint density at radius 1 is 1.37 bits per heavy atom. The lowest BCUT2D eigenvalue weighted by atomic mass is 10.0. The summed E-state index contributed by atoms with van der Waals surface area (Å²) in [6.07, 6.45) is 0. The van der Waals surface area contributed by atoms with Gasteiger partial charge in [-0.2, -0.15) is 0 Å². The molecule has 0 atom stereocenters. The Morgan fingerprint density at radius 3 is 2.74 bits per heavy atom. The summed E-state index contributed by atoms with van der Waals surface area (Å²) in [6.45, 7) is 10.1. The van der Waals surface area contributed by atoms with Gasteiger partial charge in [-0.05, 0) is 17.7 Å². The molecule has 1 amide bonds. The van der Waals surface area contributed by atoms with E-state index in [1.807, 2.05) is 0 Å². The van der Waals surface area contributed by atoms with Crippen molar-refractivity contribution in [3.63, 3.8) is 0 Å². The van der Waals surface area contributed by atoms with E-state index in [0.29, 0.717) is 58.0 Å². The Kier molecular flexibility index (Phi) is 6.58. The second-order valence-electron chi connectivity index (χ2n) is 5.77. The molecule has 1 aromatic heterocycles. The highest BCUT2D eigenvalue weighted by Crippen LogP contribution is 2.50. The Bertz CT molecular complexity index is 889. The first kappa shape index (κ1) is 19.9. The Balaban J connectivity index is 2.17. The van der Waals surface area contributed by atoms with Crippen LogP contribution in [-0.4, -0.2) is 50.5 Å². The van der Waals surface area contributed by atoms with Crippen LogP contribution in [-0.2, 0) is 4.74 Å². The van der Waals surface area contributed by atoms with E-state index in [-0.39, 0.29) is 19.1 Å². The van der Waals surface area contributed by atoms with Gasteiger partial charge in [0.25, 0.3) is 5.91 Å². The summed E-state index contributed by atoms with van der Waals surface area (Å²) < 4.78 is 5.39. The van der Waals surface area contributed by atoms with Crippen molar-refractivity contribution in [1.29, 1.82) is 0 Å². The van der Waals surface area contributed by atoms with E-state index in [2.05, 4.69) is 15.1 Å². The Morgan fingerprint density at radius 2 is 2.11 bits per heavy atom. The number of aliphatic hydroxyl groups is 1. The summed E-state index contributed by atoms with van der Waals surface area (Å²) in [4.78, 5) is 18.9. The molecule has 142 valence electrons. The first-order valence-electron chi connectivity index (χ1n) is 8.28. The third kappa shape index (κ3) is 4.21. The van der Waals surface area contributed by atoms with Crippen molar-refractivity contribution in [3.8, 4) is 11.1 Å². The number of nitrogens with zero attached hydrogens (tertiary/aromatic N) is 2. The van der Waals surface area contributed by atoms with Crippen molar-refractivity contribution in [1.82, 2.24) is 5.32 Å². The second kappa shape index (κ2) is 8.91. The molecular formula is C18H17Cl2N3O3S. The molecule has 27 heavy (non-hydrogen) atoms. The molecule has 1 aliphatic rings. The first-order valence-corrected chi connectivity index (χ1v) is 9.85. The zero-order valence-electron chi connectivity index (χ0n) is 14.3. The first-order chi connectivity index (χ1) is 13.1. The molecule has 0 saturated carbocycles. The maximum atomic E-state index is 12.7. The molecule has 0 spiro atoms. The van der Waals surface area contributed by atoms with E-state index >= 15 is 0 Å². The maximum Gasteiger partial charge on any atom is 0.260 e. The Labute approximate surface area is 171 Å². The van der Waals surface area contributed by atoms with Gasteiger partial charge in [-0.25, -0.2) is 4.85 Å². The number of benzene rings is 1. The number of aliphatic hydroxyl groups excluding tert-OH is 1. The molecular weight excluding hydrogens is 409 g/mol. The summed E-state index contributed by atoms with van der Waals surface area (Å²) in [5.74, 6) is -0.348. The van der Waals surface area contributed by atoms with Crippen LogP contribution in [0.5, 0.6) is 0 Å². The molecule has 1 fully saturated rings. The van der Waals surface area contributed by atoms with Gasteiger partial charge in [0.15, 0.2) is 0 Å². The van der Waals surface area contributed by atoms with E-state index in [9.17, 15) is 4.79 Å². The molecule has 0 aliphatic carbocycles. The number of amides is 1. The molecule has 1 aliphatic heterocycles. The van der Waals surface area contributed by atoms with Crippen molar-refractivity contribution in [2.24, 2.45) is 0 Å². The zero-order valence-corrected chi connectivity index (χ0v) is 16.6. The summed E-state index contributed by atoms with van der Waals surface area (Å²) in [5, 5.41) is 13.2. The number of hydrogen-bond acceptors (Lipinski definition) is 5. The molecule has 0 bridgehead atoms. The van der Waals surface area contributed by atoms with E-state index in [1.165, 1.54) is 11.3 Å². The van der Waals surface area contributed by atoms with Gasteiger partial charge in [-0.1, -0.05) is 29.3 Å². The molecule has 3 rings (SSSR count). The standard InChI is InChI=1S/C18H17Cl2N3O3S/c1-21-15-14(12-3-2-11(19)10-13(12)20)16(17(25)22-4-7-24)27-18(15)23-5-8-26-9-6-23/h2-3,10,24H,4-9H2,(H,22,25). The van der Waals surface area contributed by atoms with Gasteiger partial charge < -0.3 is 20.1 Å². The van der Waals surface area contributed by atoms with Crippen LogP contribution in [0.1, 0.15) is 9.67 Å². The van der Waals surface area contributed by atoms with Crippen LogP contribution in [0, 0.1) is 6.57 Å². The van der Waals surface area contributed by atoms with Crippen molar-refractivity contribution in [3.05, 3.63) is 44.5 Å². The van der Waals surface area contributed by atoms with Crippen molar-refractivity contribution >= 4 is 51.1 Å². The number of carbonyl (C=O) groups is 1. The predicted molar refractivity (Wildman–Crippen MR) is 108 cm³/mol. The van der Waals surface area contributed by atoms with Gasteiger partial charge in [-0.3, -0.25) is 4.79 Å². The SMILES string of the molecule is [C-]#[N+]c1c(N2CCOCC2)sc(C(=O)NCCO)c1-c1ccc(Cl)cc1Cl. The monoisotopic (exact) mass is 425 g/mol. The average Bonchev–Trinajstić information content (AvgIpc) is 3.06. The number of anilines is 1. The quantitative estimate of drug-likeness (QED) is 0.714. The number of nitrogens with one attached hydrogen (secondary N) is 1. The minimum absolute atomic E-state index is 0.130. The van der Waals surface area contributed by atoms with Gasteiger partial charge in [0, 0.05) is 35.2 Å². The normalized spacial score (nSPS) is 14.1. The van der Waals surface area contributed by atoms with Crippen molar-refractivity contribution < 1.29 is 14.6 Å². The predicted octanol–water partition coefficient (Wildman–Crippen LogP) is 3.83. The number of morpholine rings is 1. The zero-order chi connectivity index (χ0) is 19.4. The fraction of sp³-hybridized carbons (Fsp3) is 0.333. The summed E-state index contributed by atoms with van der Waals surface area (Å²) >= 11 is 13.6. The number of hydrogen-bond donors (Lipinski definition) is 2. The van der Waals surface area contributed by atoms with Gasteiger partial charge >= 0.3 is 0 Å². The van der Waals surface area contributed by atoms with E-state index in [1.54, 1.807) is 18.2 Å². The fourth-order valence-electron chi connectivity index (χ4n) is 2.85. The molecule has 6 nitrogen and oxygen atoms in total. The molecule has 1 saturated heterocycles. The van der Waals surface area contributed by atoms with Gasteiger partial charge in [0.05, 0.1) is 36.3 Å². The lowest BCUT2D eigenvalue weighted by molar-refractivity contribution is 0.0949. The summed E-state index contributed by atoms with van der Waals surface area (Å²) in [6, 6.07) is 4.99. The van der Waals surface area contributed by atoms with Crippen LogP contribution >= 0.6 is 34.5 Å². The second-order valence-corrected chi connectivity index (χ2v) is 7.62. The van der Waals surface area contributed by atoms with E-state index in [4.69, 9.17) is 39.6 Å². The van der Waals surface area contributed by atoms with Crippen LogP contribution in [0.15, 0.2) is 18.2 Å². The highest BCUT2D eigenvalue weighted by atomic mass is 35.5. The average molecular weight is 426 g/mol. The number of carbonyl (C=O) groups excluding carboxylic acids is 1. The van der Waals surface area contributed by atoms with Crippen LogP contribution in [0.25, 0.3) is 16.0 Å². The molecule has 2 heterocycles. The number of halogens is 2. The summed E-state index contributed by atoms with van der Waals surface area (Å²) in [7, 11) is 0. The third-order valence-electron chi connectivity index (χ3n) is 4.08. The third-order valence-corrected chi connectivity index (χ3v) is 5.87. The lowest BCUT2D eigenvalue weighted by Crippen LogP contribution is -2.35. The van der Waals surface area contributed by atoms with Crippen LogP contribution in [0.3, 0.4) is 0 Å². The highest BCUT2D eigenvalue weighted by Gasteiger charge is 2.28. The van der Waals surface area contributed by atoms with Crippen molar-refractivity contribution in [2.45, 2.75) is 0 Å². The largest absolute Gasteiger partial charge is 0.395 e. The molecule has 0 radical (unpaired) electrons. The van der Waals surface area contributed by atoms with Crippen LogP contribution in [0.4, 0.5) is 10.7 Å². The van der Waals surface area contributed by atoms with Crippen LogP contribution in [0.2, 0.25) is 10.0 Å². The van der Waals surface area contributed by atoms with Crippen molar-refractivity contribution in [2.75, 3.05) is 44.4 Å². The van der Waals surface area contributed by atoms with Gasteiger partial charge in [0.1, 0.15) is 0 Å². The minimum Gasteiger partial charge on any atom is -0.395 e. The number of thiophene rings is 1. The smallest absolute Gasteiger partial charge is 0.260 e. The van der Waals surface area contributed by atoms with Crippen LogP contribution < -0.4 is 10.2 Å². The molecule has 0 unspecified atom stereocenters. The molecule has 9 heteroatoms. The number of rotatable bonds is 5. The fourth-order valence-corrected chi connectivity index (χ4v) is 4.57. The molecule has 1 aromatic carbocycles. The highest BCUT2D eigenvalue weighted by molar-refractivity contribution is 7.19. The molecule has 2 aromatic rings. The van der Waals surface area contributed by atoms with Gasteiger partial charge in [0.2, 0.25) is 5.69 Å². The number of ether oxygens (including phenoxy) is 1. The lowest BCUT2D eigenvalue weighted by Gasteiger charge is -2.28. The maximum absolute atomic E-state index is 12.7. The Hall–Kier alpha value is -1.82. The minimum atomic E-state index is -0.348.